The van der Waals surface area contributed by atoms with Gasteiger partial charge in [-0.2, -0.15) is 0 Å². The average Bonchev–Trinajstić information content (AvgIpc) is 3.42. The second-order valence-electron chi connectivity index (χ2n) is 6.37. The number of ether oxygens (including phenoxy) is 2. The first-order valence-electron chi connectivity index (χ1n) is 8.21. The molecule has 1 fully saturated rings. The first-order chi connectivity index (χ1) is 12.1. The van der Waals surface area contributed by atoms with Gasteiger partial charge in [0, 0.05) is 11.6 Å². The van der Waals surface area contributed by atoms with E-state index < -0.39 is 5.41 Å². The zero-order valence-electron chi connectivity index (χ0n) is 13.5. The molecule has 4 nitrogen and oxygen atoms in total. The minimum Gasteiger partial charge on any atom is -0.486 e. The van der Waals surface area contributed by atoms with Crippen molar-refractivity contribution in [1.82, 2.24) is 5.32 Å². The fourth-order valence-electron chi connectivity index (χ4n) is 3.16. The minimum absolute atomic E-state index is 0.0285. The average molecular weight is 378 g/mol. The largest absolute Gasteiger partial charge is 0.486 e. The second-order valence-corrected chi connectivity index (χ2v) is 7.22. The predicted molar refractivity (Wildman–Crippen MR) is 96.7 cm³/mol. The summed E-state index contributed by atoms with van der Waals surface area (Å²) in [4.78, 5) is 12.7. The van der Waals surface area contributed by atoms with Gasteiger partial charge in [0.2, 0.25) is 5.91 Å². The maximum Gasteiger partial charge on any atom is 0.230 e. The molecule has 0 unspecified atom stereocenters. The van der Waals surface area contributed by atoms with Crippen LogP contribution in [0.5, 0.6) is 11.5 Å². The molecule has 0 spiro atoms. The maximum atomic E-state index is 12.7. The van der Waals surface area contributed by atoms with Crippen LogP contribution in [0.25, 0.3) is 0 Å². The summed E-state index contributed by atoms with van der Waals surface area (Å²) in [6.45, 7) is 1.38. The Morgan fingerprint density at radius 3 is 2.52 bits per heavy atom. The topological polar surface area (TPSA) is 47.6 Å². The molecule has 2 aliphatic rings. The van der Waals surface area contributed by atoms with Crippen LogP contribution in [0.3, 0.4) is 0 Å². The van der Waals surface area contributed by atoms with Crippen LogP contribution in [0.2, 0.25) is 10.0 Å². The molecule has 0 saturated heterocycles. The standard InChI is InChI=1S/C19H17Cl2NO3/c20-14-3-1-13(2-4-14)19(5-6-19)18(23)22-11-12-9-15(21)17-16(10-12)24-7-8-25-17/h1-4,9-10H,5-8,11H2,(H,22,23). The summed E-state index contributed by atoms with van der Waals surface area (Å²) in [5.74, 6) is 1.23. The predicted octanol–water partition coefficient (Wildman–Crippen LogP) is 4.11. The summed E-state index contributed by atoms with van der Waals surface area (Å²) in [6.07, 6.45) is 1.70. The van der Waals surface area contributed by atoms with E-state index in [4.69, 9.17) is 32.7 Å². The molecule has 4 rings (SSSR count). The lowest BCUT2D eigenvalue weighted by Crippen LogP contribution is -2.34. The van der Waals surface area contributed by atoms with Crippen molar-refractivity contribution in [1.29, 1.82) is 0 Å². The summed E-state index contributed by atoms with van der Waals surface area (Å²) in [6, 6.07) is 11.2. The highest BCUT2D eigenvalue weighted by atomic mass is 35.5. The van der Waals surface area contributed by atoms with Crippen LogP contribution in [0.1, 0.15) is 24.0 Å². The molecule has 1 aliphatic heterocycles. The smallest absolute Gasteiger partial charge is 0.230 e. The van der Waals surface area contributed by atoms with E-state index in [1.54, 1.807) is 6.07 Å². The van der Waals surface area contributed by atoms with Gasteiger partial charge in [0.15, 0.2) is 11.5 Å². The van der Waals surface area contributed by atoms with E-state index in [9.17, 15) is 4.79 Å². The number of nitrogens with one attached hydrogen (secondary N) is 1. The third kappa shape index (κ3) is 3.16. The van der Waals surface area contributed by atoms with Gasteiger partial charge in [-0.15, -0.1) is 0 Å². The Morgan fingerprint density at radius 2 is 1.80 bits per heavy atom. The van der Waals surface area contributed by atoms with Crippen molar-refractivity contribution in [3.63, 3.8) is 0 Å². The van der Waals surface area contributed by atoms with Gasteiger partial charge in [0.25, 0.3) is 0 Å². The molecule has 0 bridgehead atoms. The van der Waals surface area contributed by atoms with Gasteiger partial charge in [-0.3, -0.25) is 4.79 Å². The highest BCUT2D eigenvalue weighted by molar-refractivity contribution is 6.32. The van der Waals surface area contributed by atoms with E-state index >= 15 is 0 Å². The lowest BCUT2D eigenvalue weighted by molar-refractivity contribution is -0.123. The molecule has 0 aromatic heterocycles. The third-order valence-electron chi connectivity index (χ3n) is 4.69. The molecule has 1 saturated carbocycles. The number of rotatable bonds is 4. The third-order valence-corrected chi connectivity index (χ3v) is 5.22. The van der Waals surface area contributed by atoms with Gasteiger partial charge >= 0.3 is 0 Å². The summed E-state index contributed by atoms with van der Waals surface area (Å²) >= 11 is 12.2. The van der Waals surface area contributed by atoms with Crippen LogP contribution in [-0.4, -0.2) is 19.1 Å². The Hall–Kier alpha value is -1.91. The number of amides is 1. The molecule has 1 amide bonds. The van der Waals surface area contributed by atoms with Crippen LogP contribution in [0.15, 0.2) is 36.4 Å². The van der Waals surface area contributed by atoms with E-state index in [0.717, 1.165) is 24.0 Å². The number of carbonyl (C=O) groups excluding carboxylic acids is 1. The van der Waals surface area contributed by atoms with Gasteiger partial charge in [0.05, 0.1) is 10.4 Å². The van der Waals surface area contributed by atoms with E-state index in [1.165, 1.54) is 0 Å². The summed E-state index contributed by atoms with van der Waals surface area (Å²) in [5.41, 5.74) is 1.46. The van der Waals surface area contributed by atoms with Gasteiger partial charge in [-0.25, -0.2) is 0 Å². The summed E-state index contributed by atoms with van der Waals surface area (Å²) < 4.78 is 11.1. The minimum atomic E-state index is -0.428. The Kier molecular flexibility index (Phi) is 4.26. The van der Waals surface area contributed by atoms with Crippen molar-refractivity contribution in [2.75, 3.05) is 13.2 Å². The molecule has 25 heavy (non-hydrogen) atoms. The molecule has 1 aliphatic carbocycles. The van der Waals surface area contributed by atoms with Gasteiger partial charge in [0.1, 0.15) is 13.2 Å². The molecule has 0 radical (unpaired) electrons. The highest BCUT2D eigenvalue weighted by Gasteiger charge is 2.51. The summed E-state index contributed by atoms with van der Waals surface area (Å²) in [7, 11) is 0. The molecule has 2 aromatic carbocycles. The molecular weight excluding hydrogens is 361 g/mol. The van der Waals surface area contributed by atoms with Crippen molar-refractivity contribution >= 4 is 29.1 Å². The quantitative estimate of drug-likeness (QED) is 0.871. The lowest BCUT2D eigenvalue weighted by Gasteiger charge is -2.21. The Balaban J connectivity index is 1.47. The number of hydrogen-bond donors (Lipinski definition) is 1. The monoisotopic (exact) mass is 377 g/mol. The second kappa shape index (κ2) is 6.43. The van der Waals surface area contributed by atoms with Crippen LogP contribution in [-0.2, 0) is 16.8 Å². The van der Waals surface area contributed by atoms with Crippen LogP contribution >= 0.6 is 23.2 Å². The number of carbonyl (C=O) groups is 1. The number of hydrogen-bond acceptors (Lipinski definition) is 3. The molecule has 1 N–H and O–H groups in total. The maximum absolute atomic E-state index is 12.7. The van der Waals surface area contributed by atoms with Gasteiger partial charge in [-0.1, -0.05) is 35.3 Å². The van der Waals surface area contributed by atoms with Crippen LogP contribution < -0.4 is 14.8 Å². The Bertz CT molecular complexity index is 816. The first-order valence-corrected chi connectivity index (χ1v) is 8.96. The van der Waals surface area contributed by atoms with E-state index in [1.807, 2.05) is 30.3 Å². The van der Waals surface area contributed by atoms with Crippen molar-refractivity contribution in [3.05, 3.63) is 57.6 Å². The fourth-order valence-corrected chi connectivity index (χ4v) is 3.57. The van der Waals surface area contributed by atoms with Crippen LogP contribution in [0, 0.1) is 0 Å². The normalized spacial score (nSPS) is 17.0. The van der Waals surface area contributed by atoms with Crippen molar-refractivity contribution in [2.24, 2.45) is 0 Å². The molecule has 2 aromatic rings. The Morgan fingerprint density at radius 1 is 1.08 bits per heavy atom. The zero-order chi connectivity index (χ0) is 17.4. The number of halogens is 2. The highest BCUT2D eigenvalue weighted by Crippen LogP contribution is 2.48. The van der Waals surface area contributed by atoms with Crippen LogP contribution in [0.4, 0.5) is 0 Å². The van der Waals surface area contributed by atoms with Crippen molar-refractivity contribution in [2.45, 2.75) is 24.8 Å². The number of fused-ring (bicyclic) bond motifs is 1. The van der Waals surface area contributed by atoms with Gasteiger partial charge < -0.3 is 14.8 Å². The number of benzene rings is 2. The van der Waals surface area contributed by atoms with E-state index in [-0.39, 0.29) is 5.91 Å². The van der Waals surface area contributed by atoms with E-state index in [0.29, 0.717) is 41.3 Å². The van der Waals surface area contributed by atoms with Gasteiger partial charge in [-0.05, 0) is 48.2 Å². The first kappa shape index (κ1) is 16.6. The fraction of sp³-hybridized carbons (Fsp3) is 0.316. The molecule has 130 valence electrons. The van der Waals surface area contributed by atoms with E-state index in [2.05, 4.69) is 5.32 Å². The SMILES string of the molecule is O=C(NCc1cc(Cl)c2c(c1)OCCO2)C1(c2ccc(Cl)cc2)CC1. The molecular formula is C19H17Cl2NO3. The zero-order valence-corrected chi connectivity index (χ0v) is 15.0. The molecule has 0 atom stereocenters. The van der Waals surface area contributed by atoms with Crippen molar-refractivity contribution < 1.29 is 14.3 Å². The lowest BCUT2D eigenvalue weighted by atomic mass is 9.95. The molecule has 6 heteroatoms. The Labute approximate surface area is 156 Å². The van der Waals surface area contributed by atoms with Crippen molar-refractivity contribution in [3.8, 4) is 11.5 Å². The molecule has 1 heterocycles. The summed E-state index contributed by atoms with van der Waals surface area (Å²) in [5, 5.41) is 4.19.